The SMILES string of the molecule is O=C(c1ccco1)N1CCS[C@@H]1c1cccc(Cl)c1Cl. The standard InChI is InChI=1S/C14H11Cl2NO2S/c15-10-4-1-3-9(12(10)16)14-17(6-8-20-14)13(18)11-5-2-7-19-11/h1-5,7,14H,6,8H2/t14-/m1/s1. The molecule has 0 spiro atoms. The summed E-state index contributed by atoms with van der Waals surface area (Å²) in [6.07, 6.45) is 1.50. The summed E-state index contributed by atoms with van der Waals surface area (Å²) < 4.78 is 5.19. The van der Waals surface area contributed by atoms with Gasteiger partial charge in [-0.3, -0.25) is 4.79 Å². The fourth-order valence-corrected chi connectivity index (χ4v) is 3.95. The molecule has 0 N–H and O–H groups in total. The highest BCUT2D eigenvalue weighted by atomic mass is 35.5. The average Bonchev–Trinajstić information content (AvgIpc) is 3.11. The summed E-state index contributed by atoms with van der Waals surface area (Å²) in [6, 6.07) is 8.86. The Labute approximate surface area is 130 Å². The van der Waals surface area contributed by atoms with Crippen LogP contribution in [0.2, 0.25) is 10.0 Å². The maximum Gasteiger partial charge on any atom is 0.290 e. The molecular formula is C14H11Cl2NO2S. The van der Waals surface area contributed by atoms with Crippen molar-refractivity contribution in [2.24, 2.45) is 0 Å². The zero-order valence-corrected chi connectivity index (χ0v) is 12.7. The molecule has 0 bridgehead atoms. The fraction of sp³-hybridized carbons (Fsp3) is 0.214. The van der Waals surface area contributed by atoms with Crippen LogP contribution >= 0.6 is 35.0 Å². The summed E-state index contributed by atoms with van der Waals surface area (Å²) in [5, 5.41) is 0.881. The average molecular weight is 328 g/mol. The van der Waals surface area contributed by atoms with Gasteiger partial charge in [-0.15, -0.1) is 11.8 Å². The molecule has 1 aliphatic heterocycles. The molecule has 2 aromatic rings. The number of halogens is 2. The van der Waals surface area contributed by atoms with Crippen LogP contribution in [0.4, 0.5) is 0 Å². The Hall–Kier alpha value is -1.10. The summed E-state index contributed by atoms with van der Waals surface area (Å²) >= 11 is 14.0. The van der Waals surface area contributed by atoms with E-state index in [0.29, 0.717) is 22.4 Å². The van der Waals surface area contributed by atoms with Gasteiger partial charge in [0.05, 0.1) is 16.3 Å². The Morgan fingerprint density at radius 2 is 2.15 bits per heavy atom. The van der Waals surface area contributed by atoms with Gasteiger partial charge in [0.25, 0.3) is 5.91 Å². The van der Waals surface area contributed by atoms with Crippen LogP contribution in [-0.4, -0.2) is 23.1 Å². The number of rotatable bonds is 2. The smallest absolute Gasteiger partial charge is 0.290 e. The number of carbonyl (C=O) groups excluding carboxylic acids is 1. The third kappa shape index (κ3) is 2.43. The highest BCUT2D eigenvalue weighted by molar-refractivity contribution is 7.99. The third-order valence-corrected chi connectivity index (χ3v) is 5.21. The minimum atomic E-state index is -0.126. The second kappa shape index (κ2) is 5.72. The van der Waals surface area contributed by atoms with E-state index in [1.807, 2.05) is 12.1 Å². The lowest BCUT2D eigenvalue weighted by atomic mass is 10.2. The lowest BCUT2D eigenvalue weighted by Gasteiger charge is -2.24. The van der Waals surface area contributed by atoms with E-state index >= 15 is 0 Å². The number of furan rings is 1. The van der Waals surface area contributed by atoms with Gasteiger partial charge in [0.2, 0.25) is 0 Å². The van der Waals surface area contributed by atoms with Crippen LogP contribution in [0.25, 0.3) is 0 Å². The van der Waals surface area contributed by atoms with Crippen LogP contribution in [0.1, 0.15) is 21.5 Å². The Balaban J connectivity index is 1.93. The van der Waals surface area contributed by atoms with Crippen LogP contribution in [-0.2, 0) is 0 Å². The molecule has 3 nitrogen and oxygen atoms in total. The third-order valence-electron chi connectivity index (χ3n) is 3.13. The van der Waals surface area contributed by atoms with Crippen molar-refractivity contribution in [1.82, 2.24) is 4.90 Å². The molecule has 0 radical (unpaired) electrons. The van der Waals surface area contributed by atoms with Crippen molar-refractivity contribution in [3.8, 4) is 0 Å². The topological polar surface area (TPSA) is 33.5 Å². The normalized spacial score (nSPS) is 18.5. The van der Waals surface area contributed by atoms with Crippen LogP contribution in [0, 0.1) is 0 Å². The summed E-state index contributed by atoms with van der Waals surface area (Å²) in [5.41, 5.74) is 0.863. The van der Waals surface area contributed by atoms with Gasteiger partial charge >= 0.3 is 0 Å². The number of amides is 1. The number of benzene rings is 1. The molecule has 1 fully saturated rings. The highest BCUT2D eigenvalue weighted by Gasteiger charge is 2.33. The van der Waals surface area contributed by atoms with E-state index in [2.05, 4.69) is 0 Å². The zero-order chi connectivity index (χ0) is 14.1. The second-order valence-electron chi connectivity index (χ2n) is 4.34. The predicted octanol–water partition coefficient (Wildman–Crippen LogP) is 4.47. The van der Waals surface area contributed by atoms with Gasteiger partial charge in [-0.05, 0) is 18.2 Å². The molecule has 0 aliphatic carbocycles. The highest BCUT2D eigenvalue weighted by Crippen LogP contribution is 2.43. The number of nitrogens with zero attached hydrogens (tertiary/aromatic N) is 1. The van der Waals surface area contributed by atoms with Crippen molar-refractivity contribution >= 4 is 40.9 Å². The number of hydrogen-bond donors (Lipinski definition) is 0. The summed E-state index contributed by atoms with van der Waals surface area (Å²) in [5.74, 6) is 1.08. The second-order valence-corrected chi connectivity index (χ2v) is 6.32. The molecule has 0 saturated carbocycles. The summed E-state index contributed by atoms with van der Waals surface area (Å²) in [7, 11) is 0. The Kier molecular flexibility index (Phi) is 3.96. The number of carbonyl (C=O) groups is 1. The van der Waals surface area contributed by atoms with E-state index in [0.717, 1.165) is 11.3 Å². The maximum atomic E-state index is 12.4. The van der Waals surface area contributed by atoms with Crippen molar-refractivity contribution in [2.45, 2.75) is 5.37 Å². The summed E-state index contributed by atoms with van der Waals surface area (Å²) in [6.45, 7) is 0.664. The first-order valence-electron chi connectivity index (χ1n) is 6.08. The monoisotopic (exact) mass is 327 g/mol. The van der Waals surface area contributed by atoms with Crippen molar-refractivity contribution in [2.75, 3.05) is 12.3 Å². The molecule has 1 aromatic heterocycles. The molecule has 1 aliphatic rings. The maximum absolute atomic E-state index is 12.4. The van der Waals surface area contributed by atoms with Crippen molar-refractivity contribution in [3.63, 3.8) is 0 Å². The van der Waals surface area contributed by atoms with Gasteiger partial charge in [-0.2, -0.15) is 0 Å². The van der Waals surface area contributed by atoms with E-state index in [-0.39, 0.29) is 11.3 Å². The Morgan fingerprint density at radius 1 is 1.30 bits per heavy atom. The summed E-state index contributed by atoms with van der Waals surface area (Å²) in [4.78, 5) is 14.2. The Morgan fingerprint density at radius 3 is 2.90 bits per heavy atom. The zero-order valence-electron chi connectivity index (χ0n) is 10.4. The van der Waals surface area contributed by atoms with Gasteiger partial charge in [0.15, 0.2) is 5.76 Å². The van der Waals surface area contributed by atoms with Crippen molar-refractivity contribution in [3.05, 3.63) is 58.0 Å². The van der Waals surface area contributed by atoms with Crippen LogP contribution in [0.5, 0.6) is 0 Å². The molecule has 20 heavy (non-hydrogen) atoms. The van der Waals surface area contributed by atoms with E-state index in [1.54, 1.807) is 34.9 Å². The quantitative estimate of drug-likeness (QED) is 0.815. The number of hydrogen-bond acceptors (Lipinski definition) is 3. The van der Waals surface area contributed by atoms with Gasteiger partial charge in [0.1, 0.15) is 5.37 Å². The van der Waals surface area contributed by atoms with Crippen LogP contribution < -0.4 is 0 Å². The fourth-order valence-electron chi connectivity index (χ4n) is 2.19. The van der Waals surface area contributed by atoms with Crippen LogP contribution in [0.15, 0.2) is 41.0 Å². The van der Waals surface area contributed by atoms with Crippen molar-refractivity contribution in [1.29, 1.82) is 0 Å². The van der Waals surface area contributed by atoms with Gasteiger partial charge in [0, 0.05) is 17.9 Å². The molecule has 0 unspecified atom stereocenters. The van der Waals surface area contributed by atoms with Crippen LogP contribution in [0.3, 0.4) is 0 Å². The minimum Gasteiger partial charge on any atom is -0.459 e. The number of thioether (sulfide) groups is 1. The van der Waals surface area contributed by atoms with E-state index in [9.17, 15) is 4.79 Å². The lowest BCUT2D eigenvalue weighted by molar-refractivity contribution is 0.0728. The molecule has 1 aromatic carbocycles. The first kappa shape index (κ1) is 13.9. The minimum absolute atomic E-state index is 0.124. The van der Waals surface area contributed by atoms with E-state index in [1.165, 1.54) is 6.26 Å². The molecule has 1 saturated heterocycles. The first-order valence-corrected chi connectivity index (χ1v) is 7.89. The molecule has 2 heterocycles. The van der Waals surface area contributed by atoms with Gasteiger partial charge in [-0.25, -0.2) is 0 Å². The molecule has 1 amide bonds. The van der Waals surface area contributed by atoms with E-state index in [4.69, 9.17) is 27.6 Å². The molecule has 3 rings (SSSR count). The van der Waals surface area contributed by atoms with Gasteiger partial charge in [-0.1, -0.05) is 35.3 Å². The molecule has 104 valence electrons. The largest absolute Gasteiger partial charge is 0.459 e. The molecule has 1 atom stereocenters. The first-order chi connectivity index (χ1) is 9.68. The predicted molar refractivity (Wildman–Crippen MR) is 81.4 cm³/mol. The van der Waals surface area contributed by atoms with E-state index < -0.39 is 0 Å². The molecular weight excluding hydrogens is 317 g/mol. The van der Waals surface area contributed by atoms with Gasteiger partial charge < -0.3 is 9.32 Å². The molecule has 6 heteroatoms. The lowest BCUT2D eigenvalue weighted by Crippen LogP contribution is -2.30. The Bertz CT molecular complexity index is 630. The van der Waals surface area contributed by atoms with Crippen molar-refractivity contribution < 1.29 is 9.21 Å².